The molecule has 1 aliphatic rings. The largest absolute Gasteiger partial charge is 0.351 e. The Morgan fingerprint density at radius 2 is 2.14 bits per heavy atom. The zero-order valence-corrected chi connectivity index (χ0v) is 12.1. The minimum absolute atomic E-state index is 0.0520. The average Bonchev–Trinajstić information content (AvgIpc) is 3.06. The number of rotatable bonds is 2. The van der Waals surface area contributed by atoms with E-state index in [0.29, 0.717) is 24.2 Å². The minimum Gasteiger partial charge on any atom is -0.351 e. The van der Waals surface area contributed by atoms with Crippen molar-refractivity contribution in [2.75, 3.05) is 13.1 Å². The number of hydrogen-bond acceptors (Lipinski definition) is 3. The molecule has 1 saturated heterocycles. The topological polar surface area (TPSA) is 46.3 Å². The fourth-order valence-corrected chi connectivity index (χ4v) is 2.86. The molecule has 0 spiro atoms. The second-order valence-electron chi connectivity index (χ2n) is 5.59. The highest BCUT2D eigenvalue weighted by molar-refractivity contribution is 5.91. The highest BCUT2D eigenvalue weighted by Crippen LogP contribution is 2.38. The fourth-order valence-electron chi connectivity index (χ4n) is 2.86. The van der Waals surface area contributed by atoms with Crippen molar-refractivity contribution in [3.8, 4) is 0 Å². The van der Waals surface area contributed by atoms with E-state index in [1.807, 2.05) is 25.1 Å². The normalized spacial score (nSPS) is 21.8. The predicted molar refractivity (Wildman–Crippen MR) is 75.7 cm³/mol. The van der Waals surface area contributed by atoms with Crippen LogP contribution in [0.4, 0.5) is 4.39 Å². The molecule has 1 amide bonds. The Bertz CT molecular complexity index is 682. The van der Waals surface area contributed by atoms with Crippen molar-refractivity contribution < 1.29 is 13.7 Å². The quantitative estimate of drug-likeness (QED) is 0.853. The van der Waals surface area contributed by atoms with Gasteiger partial charge in [-0.2, -0.15) is 0 Å². The third-order valence-electron chi connectivity index (χ3n) is 3.97. The highest BCUT2D eigenvalue weighted by atomic mass is 19.1. The van der Waals surface area contributed by atoms with E-state index in [4.69, 9.17) is 4.52 Å². The number of carbonyl (C=O) groups excluding carboxylic acids is 1. The molecule has 4 nitrogen and oxygen atoms in total. The van der Waals surface area contributed by atoms with E-state index in [1.54, 1.807) is 19.1 Å². The lowest BCUT2D eigenvalue weighted by atomic mass is 9.91. The number of amides is 1. The Morgan fingerprint density at radius 3 is 2.81 bits per heavy atom. The monoisotopic (exact) mass is 288 g/mol. The molecule has 3 rings (SSSR count). The number of nitrogens with zero attached hydrogens (tertiary/aromatic N) is 2. The minimum atomic E-state index is -1.49. The molecule has 1 unspecified atom stereocenters. The van der Waals surface area contributed by atoms with E-state index in [-0.39, 0.29) is 18.2 Å². The smallest absolute Gasteiger partial charge is 0.292 e. The molecule has 2 heterocycles. The first-order valence-corrected chi connectivity index (χ1v) is 6.97. The first kappa shape index (κ1) is 13.8. The van der Waals surface area contributed by atoms with Crippen LogP contribution in [0.2, 0.25) is 0 Å². The molecule has 0 radical (unpaired) electrons. The van der Waals surface area contributed by atoms with E-state index in [0.717, 1.165) is 5.56 Å². The lowest BCUT2D eigenvalue weighted by Gasteiger charge is -2.22. The molecule has 0 saturated carbocycles. The standard InChI is InChI=1S/C16H17FN2O2/c1-11-5-3-4-6-13(11)16(17)7-8-19(10-16)15(20)14-9-12(2)18-21-14/h3-6,9H,7-8,10H2,1-2H3. The SMILES string of the molecule is Cc1cc(C(=O)N2CCC(F)(c3ccccc3C)C2)on1. The van der Waals surface area contributed by atoms with E-state index >= 15 is 4.39 Å². The summed E-state index contributed by atoms with van der Waals surface area (Å²) in [6, 6.07) is 8.97. The van der Waals surface area contributed by atoms with E-state index in [1.165, 1.54) is 4.90 Å². The van der Waals surface area contributed by atoms with E-state index < -0.39 is 5.67 Å². The molecule has 0 bridgehead atoms. The molecule has 2 aromatic rings. The van der Waals surface area contributed by atoms with Crippen molar-refractivity contribution >= 4 is 5.91 Å². The molecule has 1 atom stereocenters. The molecule has 1 aliphatic heterocycles. The van der Waals surface area contributed by atoms with Crippen LogP contribution in [0, 0.1) is 13.8 Å². The second kappa shape index (κ2) is 4.98. The Kier molecular flexibility index (Phi) is 3.27. The van der Waals surface area contributed by atoms with Gasteiger partial charge in [0.25, 0.3) is 5.91 Å². The first-order valence-electron chi connectivity index (χ1n) is 6.97. The molecule has 5 heteroatoms. The number of carbonyl (C=O) groups is 1. The highest BCUT2D eigenvalue weighted by Gasteiger charge is 2.43. The Morgan fingerprint density at radius 1 is 1.38 bits per heavy atom. The van der Waals surface area contributed by atoms with Crippen LogP contribution in [0.3, 0.4) is 0 Å². The molecule has 110 valence electrons. The van der Waals surface area contributed by atoms with Gasteiger partial charge in [-0.25, -0.2) is 4.39 Å². The Labute approximate surface area is 122 Å². The maximum atomic E-state index is 15.2. The Hall–Kier alpha value is -2.17. The molecule has 1 aromatic carbocycles. The van der Waals surface area contributed by atoms with Crippen LogP contribution in [0.25, 0.3) is 0 Å². The molecule has 1 fully saturated rings. The van der Waals surface area contributed by atoms with Gasteiger partial charge in [0.1, 0.15) is 0 Å². The van der Waals surface area contributed by atoms with Crippen molar-refractivity contribution in [2.24, 2.45) is 0 Å². The number of alkyl halides is 1. The van der Waals surface area contributed by atoms with Crippen molar-refractivity contribution in [1.82, 2.24) is 10.1 Å². The van der Waals surface area contributed by atoms with Crippen LogP contribution in [0.5, 0.6) is 0 Å². The summed E-state index contributed by atoms with van der Waals surface area (Å²) in [4.78, 5) is 13.8. The third kappa shape index (κ3) is 2.44. The van der Waals surface area contributed by atoms with Crippen LogP contribution in [-0.4, -0.2) is 29.1 Å². The van der Waals surface area contributed by atoms with Crippen LogP contribution < -0.4 is 0 Å². The summed E-state index contributed by atoms with van der Waals surface area (Å²) in [6.45, 7) is 4.07. The summed E-state index contributed by atoms with van der Waals surface area (Å²) in [5, 5.41) is 3.70. The lowest BCUT2D eigenvalue weighted by Crippen LogP contribution is -2.32. The van der Waals surface area contributed by atoms with Gasteiger partial charge in [-0.05, 0) is 25.0 Å². The van der Waals surface area contributed by atoms with Crippen molar-refractivity contribution in [1.29, 1.82) is 0 Å². The summed E-state index contributed by atoms with van der Waals surface area (Å²) in [7, 11) is 0. The van der Waals surface area contributed by atoms with Gasteiger partial charge in [0.2, 0.25) is 5.76 Å². The summed E-state index contributed by atoms with van der Waals surface area (Å²) < 4.78 is 20.2. The summed E-state index contributed by atoms with van der Waals surface area (Å²) >= 11 is 0. The maximum Gasteiger partial charge on any atom is 0.292 e. The predicted octanol–water partition coefficient (Wildman–Crippen LogP) is 3.00. The van der Waals surface area contributed by atoms with Crippen LogP contribution in [0.1, 0.15) is 33.8 Å². The summed E-state index contributed by atoms with van der Waals surface area (Å²) in [5.74, 6) is -0.134. The summed E-state index contributed by atoms with van der Waals surface area (Å²) in [5.41, 5.74) is 0.720. The van der Waals surface area contributed by atoms with Crippen LogP contribution >= 0.6 is 0 Å². The van der Waals surface area contributed by atoms with E-state index in [9.17, 15) is 4.79 Å². The number of likely N-dealkylation sites (tertiary alicyclic amines) is 1. The van der Waals surface area contributed by atoms with Gasteiger partial charge >= 0.3 is 0 Å². The average molecular weight is 288 g/mol. The fraction of sp³-hybridized carbons (Fsp3) is 0.375. The number of hydrogen-bond donors (Lipinski definition) is 0. The maximum absolute atomic E-state index is 15.2. The van der Waals surface area contributed by atoms with Crippen LogP contribution in [0.15, 0.2) is 34.9 Å². The van der Waals surface area contributed by atoms with Crippen molar-refractivity contribution in [3.05, 3.63) is 52.9 Å². The molecule has 1 aromatic heterocycles. The van der Waals surface area contributed by atoms with Crippen molar-refractivity contribution in [3.63, 3.8) is 0 Å². The number of halogens is 1. The molecule has 0 aliphatic carbocycles. The number of aryl methyl sites for hydroxylation is 2. The van der Waals surface area contributed by atoms with Crippen LogP contribution in [-0.2, 0) is 5.67 Å². The molecular formula is C16H17FN2O2. The molecular weight excluding hydrogens is 271 g/mol. The summed E-state index contributed by atoms with van der Waals surface area (Å²) in [6.07, 6.45) is 0.302. The number of benzene rings is 1. The van der Waals surface area contributed by atoms with Gasteiger partial charge in [-0.3, -0.25) is 4.79 Å². The van der Waals surface area contributed by atoms with E-state index in [2.05, 4.69) is 5.16 Å². The van der Waals surface area contributed by atoms with Gasteiger partial charge in [-0.15, -0.1) is 0 Å². The van der Waals surface area contributed by atoms with Gasteiger partial charge in [-0.1, -0.05) is 29.4 Å². The second-order valence-corrected chi connectivity index (χ2v) is 5.59. The lowest BCUT2D eigenvalue weighted by molar-refractivity contribution is 0.0709. The van der Waals surface area contributed by atoms with Gasteiger partial charge < -0.3 is 9.42 Å². The zero-order chi connectivity index (χ0) is 15.0. The first-order chi connectivity index (χ1) is 9.99. The van der Waals surface area contributed by atoms with Gasteiger partial charge in [0.15, 0.2) is 5.67 Å². The number of aromatic nitrogens is 1. The Balaban J connectivity index is 1.82. The van der Waals surface area contributed by atoms with Gasteiger partial charge in [0, 0.05) is 19.0 Å². The third-order valence-corrected chi connectivity index (χ3v) is 3.97. The van der Waals surface area contributed by atoms with Crippen molar-refractivity contribution in [2.45, 2.75) is 25.9 Å². The van der Waals surface area contributed by atoms with Gasteiger partial charge in [0.05, 0.1) is 12.2 Å². The zero-order valence-electron chi connectivity index (χ0n) is 12.1. The molecule has 21 heavy (non-hydrogen) atoms. The molecule has 0 N–H and O–H groups in total.